The maximum absolute atomic E-state index is 12.5. The fraction of sp³-hybridized carbons (Fsp3) is 0.938. The van der Waals surface area contributed by atoms with Crippen molar-refractivity contribution >= 4 is 5.91 Å². The lowest BCUT2D eigenvalue weighted by molar-refractivity contribution is -0.124. The molecule has 0 aromatic rings. The summed E-state index contributed by atoms with van der Waals surface area (Å²) in [5.74, 6) is 1.00. The smallest absolute Gasteiger partial charge is 0.237 e. The summed E-state index contributed by atoms with van der Waals surface area (Å²) in [6, 6.07) is 1.04. The number of likely N-dealkylation sites (N-methyl/N-ethyl adjacent to an activating group) is 1. The Morgan fingerprint density at radius 1 is 1.25 bits per heavy atom. The Labute approximate surface area is 122 Å². The zero-order chi connectivity index (χ0) is 13.9. The maximum Gasteiger partial charge on any atom is 0.237 e. The van der Waals surface area contributed by atoms with Gasteiger partial charge in [-0.25, -0.2) is 0 Å². The van der Waals surface area contributed by atoms with E-state index in [1.165, 1.54) is 38.6 Å². The summed E-state index contributed by atoms with van der Waals surface area (Å²) in [4.78, 5) is 14.9. The number of carbonyl (C=O) groups is 1. The summed E-state index contributed by atoms with van der Waals surface area (Å²) in [6.07, 6.45) is 8.67. The lowest BCUT2D eigenvalue weighted by atomic mass is 9.85. The minimum atomic E-state index is 0.0695. The number of nitrogens with zero attached hydrogens (tertiary/aromatic N) is 1. The van der Waals surface area contributed by atoms with E-state index in [2.05, 4.69) is 22.5 Å². The molecule has 114 valence electrons. The molecule has 0 radical (unpaired) electrons. The molecule has 2 saturated heterocycles. The first-order valence-corrected chi connectivity index (χ1v) is 8.55. The van der Waals surface area contributed by atoms with Crippen LogP contribution in [0.4, 0.5) is 0 Å². The van der Waals surface area contributed by atoms with Gasteiger partial charge in [-0.3, -0.25) is 4.79 Å². The number of carbonyl (C=O) groups excluding carboxylic acids is 1. The minimum Gasteiger partial charge on any atom is -0.351 e. The van der Waals surface area contributed by atoms with E-state index in [-0.39, 0.29) is 11.9 Å². The van der Waals surface area contributed by atoms with Gasteiger partial charge in [0.1, 0.15) is 0 Å². The first-order valence-electron chi connectivity index (χ1n) is 8.55. The molecule has 1 saturated carbocycles. The molecule has 3 fully saturated rings. The third-order valence-corrected chi connectivity index (χ3v) is 5.48. The number of likely N-dealkylation sites (tertiary alicyclic amines) is 1. The summed E-state index contributed by atoms with van der Waals surface area (Å²) < 4.78 is 0. The first-order chi connectivity index (χ1) is 9.76. The molecule has 3 rings (SSSR count). The Bertz CT molecular complexity index is 333. The standard InChI is InChI=1S/C16H29N3O/c1-2-19-9-5-7-13(11-19)17-16(20)15-10-12-6-3-4-8-14(12)18-15/h12-15,18H,2-11H2,1H3,(H,17,20). The molecule has 2 heterocycles. The second kappa shape index (κ2) is 6.44. The molecule has 20 heavy (non-hydrogen) atoms. The summed E-state index contributed by atoms with van der Waals surface area (Å²) in [5.41, 5.74) is 0. The molecule has 0 aromatic heterocycles. The first kappa shape index (κ1) is 14.3. The largest absolute Gasteiger partial charge is 0.351 e. The van der Waals surface area contributed by atoms with Crippen LogP contribution in [0.2, 0.25) is 0 Å². The van der Waals surface area contributed by atoms with Crippen molar-refractivity contribution in [2.24, 2.45) is 5.92 Å². The average molecular weight is 279 g/mol. The Hall–Kier alpha value is -0.610. The van der Waals surface area contributed by atoms with Crippen LogP contribution in [-0.2, 0) is 4.79 Å². The van der Waals surface area contributed by atoms with Gasteiger partial charge in [-0.2, -0.15) is 0 Å². The lowest BCUT2D eigenvalue weighted by Gasteiger charge is -2.32. The Kier molecular flexibility index (Phi) is 4.61. The molecule has 4 heteroatoms. The third kappa shape index (κ3) is 3.17. The van der Waals surface area contributed by atoms with Crippen LogP contribution in [0.3, 0.4) is 0 Å². The van der Waals surface area contributed by atoms with Gasteiger partial charge in [0.05, 0.1) is 6.04 Å². The van der Waals surface area contributed by atoms with Crippen LogP contribution in [0.5, 0.6) is 0 Å². The molecule has 0 aromatic carbocycles. The molecule has 1 aliphatic carbocycles. The quantitative estimate of drug-likeness (QED) is 0.823. The van der Waals surface area contributed by atoms with Crippen molar-refractivity contribution in [2.45, 2.75) is 70.0 Å². The van der Waals surface area contributed by atoms with Crippen LogP contribution in [0.15, 0.2) is 0 Å². The van der Waals surface area contributed by atoms with E-state index in [9.17, 15) is 4.79 Å². The summed E-state index contributed by atoms with van der Waals surface area (Å²) >= 11 is 0. The predicted molar refractivity (Wildman–Crippen MR) is 80.6 cm³/mol. The maximum atomic E-state index is 12.5. The highest BCUT2D eigenvalue weighted by molar-refractivity contribution is 5.82. The van der Waals surface area contributed by atoms with E-state index in [4.69, 9.17) is 0 Å². The zero-order valence-corrected chi connectivity index (χ0v) is 12.7. The predicted octanol–water partition coefficient (Wildman–Crippen LogP) is 1.51. The molecule has 4 unspecified atom stereocenters. The Morgan fingerprint density at radius 3 is 2.90 bits per heavy atom. The molecule has 0 bridgehead atoms. The summed E-state index contributed by atoms with van der Waals surface area (Å²) in [5, 5.41) is 6.87. The number of nitrogens with one attached hydrogen (secondary N) is 2. The molecule has 4 atom stereocenters. The van der Waals surface area contributed by atoms with Gasteiger partial charge in [-0.1, -0.05) is 19.8 Å². The van der Waals surface area contributed by atoms with Gasteiger partial charge in [-0.05, 0) is 51.1 Å². The average Bonchev–Trinajstić information content (AvgIpc) is 2.91. The molecule has 1 amide bonds. The summed E-state index contributed by atoms with van der Waals surface area (Å²) in [7, 11) is 0. The van der Waals surface area contributed by atoms with Crippen molar-refractivity contribution in [2.75, 3.05) is 19.6 Å². The van der Waals surface area contributed by atoms with Crippen molar-refractivity contribution in [1.82, 2.24) is 15.5 Å². The minimum absolute atomic E-state index is 0.0695. The number of rotatable bonds is 3. The van der Waals surface area contributed by atoms with Crippen LogP contribution in [0.1, 0.15) is 51.9 Å². The molecule has 0 spiro atoms. The van der Waals surface area contributed by atoms with Crippen LogP contribution in [0, 0.1) is 5.92 Å². The van der Waals surface area contributed by atoms with E-state index < -0.39 is 0 Å². The Balaban J connectivity index is 1.49. The van der Waals surface area contributed by atoms with Crippen LogP contribution < -0.4 is 10.6 Å². The van der Waals surface area contributed by atoms with Gasteiger partial charge in [0.25, 0.3) is 0 Å². The van der Waals surface area contributed by atoms with Gasteiger partial charge in [-0.15, -0.1) is 0 Å². The molecule has 2 aliphatic heterocycles. The monoisotopic (exact) mass is 279 g/mol. The van der Waals surface area contributed by atoms with Crippen molar-refractivity contribution in [1.29, 1.82) is 0 Å². The van der Waals surface area contributed by atoms with Gasteiger partial charge >= 0.3 is 0 Å². The highest BCUT2D eigenvalue weighted by Crippen LogP contribution is 2.33. The fourth-order valence-corrected chi connectivity index (χ4v) is 4.28. The number of amides is 1. The molecular weight excluding hydrogens is 250 g/mol. The second-order valence-electron chi connectivity index (χ2n) is 6.85. The second-order valence-corrected chi connectivity index (χ2v) is 6.85. The van der Waals surface area contributed by atoms with Gasteiger partial charge < -0.3 is 15.5 Å². The zero-order valence-electron chi connectivity index (χ0n) is 12.7. The molecule has 4 nitrogen and oxygen atoms in total. The highest BCUT2D eigenvalue weighted by atomic mass is 16.2. The number of hydrogen-bond acceptors (Lipinski definition) is 3. The SMILES string of the molecule is CCN1CCCC(NC(=O)C2CC3CCCCC3N2)C1. The van der Waals surface area contributed by atoms with E-state index in [0.29, 0.717) is 12.1 Å². The van der Waals surface area contributed by atoms with Crippen molar-refractivity contribution in [3.05, 3.63) is 0 Å². The highest BCUT2D eigenvalue weighted by Gasteiger charge is 2.38. The van der Waals surface area contributed by atoms with E-state index in [0.717, 1.165) is 31.8 Å². The Morgan fingerprint density at radius 2 is 2.10 bits per heavy atom. The molecule has 3 aliphatic rings. The van der Waals surface area contributed by atoms with Crippen molar-refractivity contribution < 1.29 is 4.79 Å². The van der Waals surface area contributed by atoms with Crippen LogP contribution >= 0.6 is 0 Å². The van der Waals surface area contributed by atoms with Crippen molar-refractivity contribution in [3.8, 4) is 0 Å². The van der Waals surface area contributed by atoms with Gasteiger partial charge in [0.15, 0.2) is 0 Å². The number of fused-ring (bicyclic) bond motifs is 1. The van der Waals surface area contributed by atoms with Crippen molar-refractivity contribution in [3.63, 3.8) is 0 Å². The third-order valence-electron chi connectivity index (χ3n) is 5.48. The number of hydrogen-bond donors (Lipinski definition) is 2. The lowest BCUT2D eigenvalue weighted by Crippen LogP contribution is -2.52. The molecule has 2 N–H and O–H groups in total. The fourth-order valence-electron chi connectivity index (χ4n) is 4.28. The normalized spacial score (nSPS) is 38.5. The van der Waals surface area contributed by atoms with Gasteiger partial charge in [0, 0.05) is 18.6 Å². The summed E-state index contributed by atoms with van der Waals surface area (Å²) in [6.45, 7) is 5.52. The number of piperidine rings is 1. The molecular formula is C16H29N3O. The van der Waals surface area contributed by atoms with E-state index >= 15 is 0 Å². The topological polar surface area (TPSA) is 44.4 Å². The van der Waals surface area contributed by atoms with E-state index in [1.807, 2.05) is 0 Å². The van der Waals surface area contributed by atoms with E-state index in [1.54, 1.807) is 0 Å². The van der Waals surface area contributed by atoms with Crippen LogP contribution in [-0.4, -0.2) is 48.6 Å². The van der Waals surface area contributed by atoms with Crippen LogP contribution in [0.25, 0.3) is 0 Å². The van der Waals surface area contributed by atoms with Gasteiger partial charge in [0.2, 0.25) is 5.91 Å².